The maximum absolute atomic E-state index is 12.3. The Kier molecular flexibility index (Phi) is 13.2. The summed E-state index contributed by atoms with van der Waals surface area (Å²) in [6.45, 7) is 1.85. The molecular weight excluding hydrogens is 646 g/mol. The van der Waals surface area contributed by atoms with Crippen molar-refractivity contribution in [2.45, 2.75) is 126 Å². The van der Waals surface area contributed by atoms with E-state index < -0.39 is 36.6 Å². The number of hydrogen-bond donors (Lipinski definition) is 5. The molecule has 2 aliphatic rings. The number of unbranched alkanes of at least 4 members (excludes halogenated alkanes) is 2. The number of pyridine rings is 1. The first-order valence-electron chi connectivity index (χ1n) is 17.6. The second kappa shape index (κ2) is 17.4. The van der Waals surface area contributed by atoms with Gasteiger partial charge in [-0.25, -0.2) is 0 Å². The normalized spacial score (nSPS) is 18.3. The molecule has 0 spiro atoms. The number of aliphatic hydroxyl groups is 5. The number of hydrogen-bond acceptors (Lipinski definition) is 9. The number of carbonyl (C=O) groups is 1. The van der Waals surface area contributed by atoms with E-state index in [0.29, 0.717) is 30.1 Å². The predicted molar refractivity (Wildman–Crippen MR) is 187 cm³/mol. The molecule has 2 aromatic carbocycles. The summed E-state index contributed by atoms with van der Waals surface area (Å²) in [7, 11) is 0. The molecular formula is C39H50ClNO8. The number of Topliss-reactive ketones (excluding diaryl/α,β-unsaturated/α-hetero) is 1. The van der Waals surface area contributed by atoms with Crippen LogP contribution in [-0.2, 0) is 21.7 Å². The van der Waals surface area contributed by atoms with Gasteiger partial charge in [-0.2, -0.15) is 0 Å². The van der Waals surface area contributed by atoms with Crippen LogP contribution in [0.15, 0.2) is 60.9 Å². The third-order valence-corrected chi connectivity index (χ3v) is 10.2. The zero-order valence-electron chi connectivity index (χ0n) is 28.2. The van der Waals surface area contributed by atoms with Gasteiger partial charge >= 0.3 is 0 Å². The van der Waals surface area contributed by atoms with E-state index in [1.165, 1.54) is 5.56 Å². The number of aromatic nitrogens is 1. The van der Waals surface area contributed by atoms with Crippen LogP contribution in [0.1, 0.15) is 100 Å². The number of aliphatic hydroxyl groups excluding tert-OH is 5. The van der Waals surface area contributed by atoms with Crippen molar-refractivity contribution in [1.82, 2.24) is 4.98 Å². The molecule has 1 aromatic heterocycles. The molecule has 9 nitrogen and oxygen atoms in total. The van der Waals surface area contributed by atoms with Crippen molar-refractivity contribution < 1.29 is 39.8 Å². The average Bonchev–Trinajstić information content (AvgIpc) is 4.07. The number of rotatable bonds is 21. The molecule has 266 valence electrons. The minimum Gasteiger partial charge on any atom is -0.490 e. The van der Waals surface area contributed by atoms with E-state index in [4.69, 9.17) is 26.2 Å². The van der Waals surface area contributed by atoms with Gasteiger partial charge in [0.1, 0.15) is 29.8 Å². The maximum Gasteiger partial charge on any atom is 0.133 e. The molecule has 5 N–H and O–H groups in total. The van der Waals surface area contributed by atoms with Gasteiger partial charge in [0.25, 0.3) is 0 Å². The van der Waals surface area contributed by atoms with Gasteiger partial charge in [-0.1, -0.05) is 61.7 Å². The molecule has 0 amide bonds. The fourth-order valence-electron chi connectivity index (χ4n) is 6.27. The minimum atomic E-state index is -1.68. The Morgan fingerprint density at radius 3 is 2.43 bits per heavy atom. The van der Waals surface area contributed by atoms with Crippen LogP contribution < -0.4 is 4.74 Å². The molecule has 5 rings (SSSR count). The molecule has 0 unspecified atom stereocenters. The predicted octanol–water partition coefficient (Wildman–Crippen LogP) is 5.99. The van der Waals surface area contributed by atoms with Gasteiger partial charge in [-0.3, -0.25) is 9.78 Å². The quantitative estimate of drug-likeness (QED) is 0.0848. The van der Waals surface area contributed by atoms with Crippen LogP contribution in [0.2, 0.25) is 5.02 Å². The molecule has 1 heterocycles. The second-order valence-corrected chi connectivity index (χ2v) is 14.2. The summed E-state index contributed by atoms with van der Waals surface area (Å²) in [5.41, 5.74) is 4.96. The zero-order chi connectivity index (χ0) is 35.0. The number of para-hydroxylation sites is 1. The Morgan fingerprint density at radius 1 is 0.939 bits per heavy atom. The number of carbonyl (C=O) groups excluding carboxylic acids is 1. The lowest BCUT2D eigenvalue weighted by molar-refractivity contribution is -0.125. The van der Waals surface area contributed by atoms with Crippen LogP contribution >= 0.6 is 11.6 Å². The molecule has 49 heavy (non-hydrogen) atoms. The highest BCUT2D eigenvalue weighted by atomic mass is 35.5. The van der Waals surface area contributed by atoms with E-state index in [1.54, 1.807) is 0 Å². The highest BCUT2D eigenvalue weighted by Crippen LogP contribution is 2.53. The lowest BCUT2D eigenvalue weighted by Crippen LogP contribution is -2.45. The number of ketones is 1. The average molecular weight is 696 g/mol. The first-order chi connectivity index (χ1) is 23.6. The summed E-state index contributed by atoms with van der Waals surface area (Å²) >= 11 is 6.67. The summed E-state index contributed by atoms with van der Waals surface area (Å²) in [5.74, 6) is 1.17. The van der Waals surface area contributed by atoms with Gasteiger partial charge < -0.3 is 35.0 Å². The van der Waals surface area contributed by atoms with Gasteiger partial charge in [0.2, 0.25) is 0 Å². The van der Waals surface area contributed by atoms with Crippen molar-refractivity contribution >= 4 is 17.4 Å². The Hall–Kier alpha value is -2.89. The Bertz CT molecular complexity index is 1530. The Morgan fingerprint density at radius 2 is 1.69 bits per heavy atom. The monoisotopic (exact) mass is 695 g/mol. The van der Waals surface area contributed by atoms with E-state index in [1.807, 2.05) is 36.7 Å². The number of halogens is 1. The molecule has 2 saturated carbocycles. The molecule has 2 fully saturated rings. The third kappa shape index (κ3) is 10.1. The number of benzene rings is 2. The lowest BCUT2D eigenvalue weighted by atomic mass is 9.93. The largest absolute Gasteiger partial charge is 0.490 e. The fraction of sp³-hybridized carbons (Fsp3) is 0.538. The summed E-state index contributed by atoms with van der Waals surface area (Å²) in [6, 6.07) is 16.4. The summed E-state index contributed by atoms with van der Waals surface area (Å²) in [5, 5.41) is 48.7. The standard InChI is InChI=1S/C39H50ClNO8/c1-25(7-3-2-4-8-28(43)12-16-34(44)37(46)38(47)35(45)23-42)26-11-15-33(40)27(21-26)24-48-39(18-19-39)32-22-41-20-17-30(32)31-9-5-6-10-36(31)49-29-13-14-29/h5-6,9-11,15,17,20-22,25,29,34-35,37-38,42,44-47H,2-4,7-8,12-14,16,18-19,23-24H2,1H3/t25-,34+,35-,37-,38-/m1/s1. The zero-order valence-corrected chi connectivity index (χ0v) is 29.0. The van der Waals surface area contributed by atoms with Gasteiger partial charge in [-0.15, -0.1) is 0 Å². The van der Waals surface area contributed by atoms with E-state index in [2.05, 4.69) is 36.2 Å². The van der Waals surface area contributed by atoms with E-state index >= 15 is 0 Å². The lowest BCUT2D eigenvalue weighted by Gasteiger charge is -2.25. The second-order valence-electron chi connectivity index (χ2n) is 13.7. The summed E-state index contributed by atoms with van der Waals surface area (Å²) in [6.07, 6.45) is 5.76. The SMILES string of the molecule is C[C@H](CCCCCC(=O)CC[C@H](O)[C@@H](O)[C@H](O)[C@H](O)CO)c1ccc(Cl)c(COC2(c3cnccc3-c3ccccc3OC3CC3)CC2)c1. The van der Waals surface area contributed by atoms with Crippen LogP contribution in [0.4, 0.5) is 0 Å². The fourth-order valence-corrected chi connectivity index (χ4v) is 6.44. The topological polar surface area (TPSA) is 150 Å². The molecule has 0 saturated heterocycles. The van der Waals surface area contributed by atoms with Gasteiger partial charge in [0.05, 0.1) is 31.0 Å². The molecule has 0 radical (unpaired) electrons. The summed E-state index contributed by atoms with van der Waals surface area (Å²) in [4.78, 5) is 16.8. The highest BCUT2D eigenvalue weighted by Gasteiger charge is 2.48. The van der Waals surface area contributed by atoms with Gasteiger partial charge in [-0.05, 0) is 85.8 Å². The van der Waals surface area contributed by atoms with Crippen LogP contribution in [0, 0.1) is 0 Å². The molecule has 3 aromatic rings. The van der Waals surface area contributed by atoms with Gasteiger partial charge in [0.15, 0.2) is 0 Å². The van der Waals surface area contributed by atoms with Crippen LogP contribution in [0.5, 0.6) is 5.75 Å². The first-order valence-corrected chi connectivity index (χ1v) is 18.0. The van der Waals surface area contributed by atoms with Crippen molar-refractivity contribution in [3.8, 4) is 16.9 Å². The minimum absolute atomic E-state index is 0.0251. The molecule has 0 aliphatic heterocycles. The Labute approximate surface area is 293 Å². The summed E-state index contributed by atoms with van der Waals surface area (Å²) < 4.78 is 12.9. The smallest absolute Gasteiger partial charge is 0.133 e. The molecule has 10 heteroatoms. The van der Waals surface area contributed by atoms with Crippen LogP contribution in [0.25, 0.3) is 11.1 Å². The van der Waals surface area contributed by atoms with Crippen LogP contribution in [-0.4, -0.2) is 73.4 Å². The number of ether oxygens (including phenoxy) is 2. The maximum atomic E-state index is 12.3. The van der Waals surface area contributed by atoms with Crippen molar-refractivity contribution in [3.05, 3.63) is 82.6 Å². The molecule has 5 atom stereocenters. The van der Waals surface area contributed by atoms with E-state index in [0.717, 1.165) is 79.4 Å². The molecule has 0 bridgehead atoms. The van der Waals surface area contributed by atoms with Gasteiger partial charge in [0, 0.05) is 41.4 Å². The first kappa shape index (κ1) is 37.4. The van der Waals surface area contributed by atoms with E-state index in [-0.39, 0.29) is 18.6 Å². The van der Waals surface area contributed by atoms with Crippen molar-refractivity contribution in [1.29, 1.82) is 0 Å². The van der Waals surface area contributed by atoms with Crippen molar-refractivity contribution in [3.63, 3.8) is 0 Å². The number of nitrogens with zero attached hydrogens (tertiary/aromatic N) is 1. The van der Waals surface area contributed by atoms with E-state index in [9.17, 15) is 25.2 Å². The Balaban J connectivity index is 1.09. The van der Waals surface area contributed by atoms with Crippen LogP contribution in [0.3, 0.4) is 0 Å². The molecule has 2 aliphatic carbocycles. The highest BCUT2D eigenvalue weighted by molar-refractivity contribution is 6.31. The van der Waals surface area contributed by atoms with Crippen molar-refractivity contribution in [2.75, 3.05) is 6.61 Å². The van der Waals surface area contributed by atoms with Crippen molar-refractivity contribution in [2.24, 2.45) is 0 Å². The third-order valence-electron chi connectivity index (χ3n) is 9.79.